The highest BCUT2D eigenvalue weighted by Gasteiger charge is 2.30. The Bertz CT molecular complexity index is 951. The molecule has 3 heteroatoms. The monoisotopic (exact) mass is 359 g/mol. The van der Waals surface area contributed by atoms with E-state index in [0.29, 0.717) is 12.0 Å². The van der Waals surface area contributed by atoms with Crippen LogP contribution in [0.3, 0.4) is 0 Å². The summed E-state index contributed by atoms with van der Waals surface area (Å²) in [6, 6.07) is 16.8. The van der Waals surface area contributed by atoms with Crippen molar-refractivity contribution in [1.29, 1.82) is 0 Å². The fraction of sp³-hybridized carbons (Fsp3) is 0.417. The Morgan fingerprint density at radius 3 is 2.63 bits per heavy atom. The number of aromatic amines is 1. The van der Waals surface area contributed by atoms with Crippen LogP contribution in [0.4, 0.5) is 5.69 Å². The first-order valence-electron chi connectivity index (χ1n) is 10.4. The number of hydrogen-bond donors (Lipinski definition) is 1. The second kappa shape index (κ2) is 6.72. The van der Waals surface area contributed by atoms with Gasteiger partial charge in [0.25, 0.3) is 0 Å². The Labute approximate surface area is 162 Å². The molecule has 0 bridgehead atoms. The number of fused-ring (bicyclic) bond motifs is 2. The normalized spacial score (nSPS) is 23.6. The van der Waals surface area contributed by atoms with E-state index in [2.05, 4.69) is 71.2 Å². The van der Waals surface area contributed by atoms with Crippen LogP contribution in [0.1, 0.15) is 54.8 Å². The number of anilines is 1. The molecular weight excluding hydrogens is 330 g/mol. The summed E-state index contributed by atoms with van der Waals surface area (Å²) >= 11 is 0. The smallest absolute Gasteiger partial charge is 0.0456 e. The predicted molar refractivity (Wildman–Crippen MR) is 114 cm³/mol. The summed E-state index contributed by atoms with van der Waals surface area (Å²) in [5.74, 6) is 0.435. The third kappa shape index (κ3) is 2.94. The third-order valence-electron chi connectivity index (χ3n) is 6.73. The van der Waals surface area contributed by atoms with Crippen LogP contribution in [0.15, 0.2) is 48.7 Å². The van der Waals surface area contributed by atoms with Gasteiger partial charge in [0.1, 0.15) is 0 Å². The molecule has 2 atom stereocenters. The zero-order valence-corrected chi connectivity index (χ0v) is 16.4. The molecular formula is C24H29N3. The van der Waals surface area contributed by atoms with Crippen LogP contribution in [-0.4, -0.2) is 36.6 Å². The maximum Gasteiger partial charge on any atom is 0.0456 e. The molecule has 140 valence electrons. The van der Waals surface area contributed by atoms with Crippen molar-refractivity contribution in [2.75, 3.05) is 31.6 Å². The van der Waals surface area contributed by atoms with Crippen LogP contribution in [0.5, 0.6) is 0 Å². The Hall–Kier alpha value is -2.26. The second-order valence-electron chi connectivity index (χ2n) is 8.35. The molecule has 0 aliphatic carbocycles. The SMILES string of the molecule is CC1c2cc(N3CCCCC3)ccc2C(c2ccc3cc[nH]c3c2)CN1C. The number of rotatable bonds is 2. The van der Waals surface area contributed by atoms with Crippen LogP contribution in [0.25, 0.3) is 10.9 Å². The summed E-state index contributed by atoms with van der Waals surface area (Å²) in [4.78, 5) is 8.46. The summed E-state index contributed by atoms with van der Waals surface area (Å²) in [6.07, 6.45) is 6.06. The molecule has 0 amide bonds. The van der Waals surface area contributed by atoms with Crippen molar-refractivity contribution in [1.82, 2.24) is 9.88 Å². The molecule has 1 aromatic heterocycles. The van der Waals surface area contributed by atoms with Crippen molar-refractivity contribution in [3.05, 3.63) is 65.4 Å². The Balaban J connectivity index is 1.56. The number of aromatic nitrogens is 1. The summed E-state index contributed by atoms with van der Waals surface area (Å²) in [5, 5.41) is 1.29. The van der Waals surface area contributed by atoms with E-state index in [1.165, 1.54) is 65.6 Å². The van der Waals surface area contributed by atoms with E-state index in [1.807, 2.05) is 6.20 Å². The zero-order chi connectivity index (χ0) is 18.4. The number of piperidine rings is 1. The maximum absolute atomic E-state index is 3.37. The molecule has 3 nitrogen and oxygen atoms in total. The summed E-state index contributed by atoms with van der Waals surface area (Å²) in [5.41, 5.74) is 7.07. The first-order valence-corrected chi connectivity index (χ1v) is 10.4. The second-order valence-corrected chi connectivity index (χ2v) is 8.35. The van der Waals surface area contributed by atoms with Gasteiger partial charge in [0.15, 0.2) is 0 Å². The summed E-state index contributed by atoms with van der Waals surface area (Å²) in [7, 11) is 2.27. The van der Waals surface area contributed by atoms with E-state index < -0.39 is 0 Å². The van der Waals surface area contributed by atoms with Crippen molar-refractivity contribution < 1.29 is 0 Å². The van der Waals surface area contributed by atoms with Crippen molar-refractivity contribution in [3.63, 3.8) is 0 Å². The molecule has 0 spiro atoms. The number of H-pyrrole nitrogens is 1. The van der Waals surface area contributed by atoms with E-state index in [9.17, 15) is 0 Å². The number of nitrogens with one attached hydrogen (secondary N) is 1. The summed E-state index contributed by atoms with van der Waals surface area (Å²) < 4.78 is 0. The van der Waals surface area contributed by atoms with Crippen LogP contribution in [0.2, 0.25) is 0 Å². The quantitative estimate of drug-likeness (QED) is 0.671. The number of likely N-dealkylation sites (N-methyl/N-ethyl adjacent to an activating group) is 1. The van der Waals surface area contributed by atoms with E-state index >= 15 is 0 Å². The lowest BCUT2D eigenvalue weighted by Gasteiger charge is -2.39. The largest absolute Gasteiger partial charge is 0.372 e. The summed E-state index contributed by atoms with van der Waals surface area (Å²) in [6.45, 7) is 5.83. The molecule has 1 N–H and O–H groups in total. The molecule has 5 rings (SSSR count). The Morgan fingerprint density at radius 2 is 1.78 bits per heavy atom. The number of hydrogen-bond acceptors (Lipinski definition) is 2. The minimum Gasteiger partial charge on any atom is -0.372 e. The van der Waals surface area contributed by atoms with Gasteiger partial charge in [-0.25, -0.2) is 0 Å². The average Bonchev–Trinajstić information content (AvgIpc) is 3.19. The van der Waals surface area contributed by atoms with Crippen LogP contribution in [0, 0.1) is 0 Å². The minimum absolute atomic E-state index is 0.435. The lowest BCUT2D eigenvalue weighted by Crippen LogP contribution is -2.35. The van der Waals surface area contributed by atoms with E-state index in [-0.39, 0.29) is 0 Å². The molecule has 1 fully saturated rings. The van der Waals surface area contributed by atoms with Gasteiger partial charge in [-0.1, -0.05) is 18.2 Å². The fourth-order valence-electron chi connectivity index (χ4n) is 4.94. The van der Waals surface area contributed by atoms with Crippen molar-refractivity contribution >= 4 is 16.6 Å². The maximum atomic E-state index is 3.37. The lowest BCUT2D eigenvalue weighted by molar-refractivity contribution is 0.234. The van der Waals surface area contributed by atoms with Crippen LogP contribution in [-0.2, 0) is 0 Å². The Morgan fingerprint density at radius 1 is 0.926 bits per heavy atom. The first-order chi connectivity index (χ1) is 13.2. The van der Waals surface area contributed by atoms with E-state index in [1.54, 1.807) is 0 Å². The third-order valence-corrected chi connectivity index (χ3v) is 6.73. The highest BCUT2D eigenvalue weighted by Crippen LogP contribution is 2.41. The molecule has 3 heterocycles. The molecule has 0 saturated carbocycles. The standard InChI is InChI=1S/C24H29N3/c1-17-22-15-20(27-12-4-3-5-13-27)8-9-21(22)23(16-26(17)2)19-7-6-18-10-11-25-24(18)14-19/h6-11,14-15,17,23,25H,3-5,12-13,16H2,1-2H3. The zero-order valence-electron chi connectivity index (χ0n) is 16.4. The molecule has 27 heavy (non-hydrogen) atoms. The van der Waals surface area contributed by atoms with E-state index in [4.69, 9.17) is 0 Å². The van der Waals surface area contributed by atoms with Crippen LogP contribution >= 0.6 is 0 Å². The average molecular weight is 360 g/mol. The van der Waals surface area contributed by atoms with Crippen molar-refractivity contribution in [2.45, 2.75) is 38.1 Å². The Kier molecular flexibility index (Phi) is 4.20. The predicted octanol–water partition coefficient (Wildman–Crippen LogP) is 5.30. The molecule has 0 radical (unpaired) electrons. The minimum atomic E-state index is 0.435. The molecule has 3 aromatic rings. The van der Waals surface area contributed by atoms with Gasteiger partial charge in [-0.3, -0.25) is 4.90 Å². The van der Waals surface area contributed by atoms with Crippen LogP contribution < -0.4 is 4.90 Å². The van der Waals surface area contributed by atoms with Gasteiger partial charge in [-0.2, -0.15) is 0 Å². The van der Waals surface area contributed by atoms with Crippen molar-refractivity contribution in [2.24, 2.45) is 0 Å². The number of benzene rings is 2. The molecule has 1 saturated heterocycles. The van der Waals surface area contributed by atoms with Gasteiger partial charge in [-0.05, 0) is 79.6 Å². The molecule has 2 aliphatic rings. The molecule has 2 aliphatic heterocycles. The van der Waals surface area contributed by atoms with Gasteiger partial charge in [0.05, 0.1) is 0 Å². The van der Waals surface area contributed by atoms with E-state index in [0.717, 1.165) is 6.54 Å². The number of nitrogens with zero attached hydrogens (tertiary/aromatic N) is 2. The van der Waals surface area contributed by atoms with Gasteiger partial charge in [0.2, 0.25) is 0 Å². The van der Waals surface area contributed by atoms with Gasteiger partial charge >= 0.3 is 0 Å². The lowest BCUT2D eigenvalue weighted by atomic mass is 9.81. The van der Waals surface area contributed by atoms with Gasteiger partial charge < -0.3 is 9.88 Å². The molecule has 2 aromatic carbocycles. The first kappa shape index (κ1) is 16.9. The fourth-order valence-corrected chi connectivity index (χ4v) is 4.94. The highest BCUT2D eigenvalue weighted by atomic mass is 15.1. The van der Waals surface area contributed by atoms with Gasteiger partial charge in [0, 0.05) is 49.0 Å². The highest BCUT2D eigenvalue weighted by molar-refractivity contribution is 5.80. The molecule has 2 unspecified atom stereocenters. The topological polar surface area (TPSA) is 22.3 Å². The van der Waals surface area contributed by atoms with Crippen molar-refractivity contribution in [3.8, 4) is 0 Å². The van der Waals surface area contributed by atoms with Gasteiger partial charge in [-0.15, -0.1) is 0 Å².